The molecule has 0 atom stereocenters. The second kappa shape index (κ2) is 8.91. The van der Waals surface area contributed by atoms with Crippen LogP contribution >= 0.6 is 0 Å². The Morgan fingerprint density at radius 2 is 1.67 bits per heavy atom. The highest BCUT2D eigenvalue weighted by Gasteiger charge is 2.14. The lowest BCUT2D eigenvalue weighted by Gasteiger charge is -2.21. The molecule has 0 radical (unpaired) electrons. The standard InChI is InChI=1S/C13H22O5/c14-10-13(16)18-9-7-12(15)17-8-6-11-4-2-1-3-5-11/h11,14H,1-10H2. The van der Waals surface area contributed by atoms with Crippen molar-refractivity contribution in [2.75, 3.05) is 19.8 Å². The van der Waals surface area contributed by atoms with E-state index in [0.717, 1.165) is 6.42 Å². The van der Waals surface area contributed by atoms with Crippen molar-refractivity contribution >= 4 is 11.9 Å². The first-order chi connectivity index (χ1) is 8.72. The third-order valence-corrected chi connectivity index (χ3v) is 3.21. The Hall–Kier alpha value is -1.10. The number of carbonyl (C=O) groups excluding carboxylic acids is 2. The van der Waals surface area contributed by atoms with E-state index in [9.17, 15) is 9.59 Å². The molecule has 1 N–H and O–H groups in total. The minimum Gasteiger partial charge on any atom is -0.466 e. The fourth-order valence-electron chi connectivity index (χ4n) is 2.18. The molecule has 5 heteroatoms. The average Bonchev–Trinajstić information content (AvgIpc) is 2.39. The summed E-state index contributed by atoms with van der Waals surface area (Å²) in [6.07, 6.45) is 7.37. The maximum atomic E-state index is 11.3. The van der Waals surface area contributed by atoms with Crippen LogP contribution in [0.1, 0.15) is 44.9 Å². The summed E-state index contributed by atoms with van der Waals surface area (Å²) in [7, 11) is 0. The van der Waals surface area contributed by atoms with Gasteiger partial charge in [-0.2, -0.15) is 0 Å². The monoisotopic (exact) mass is 258 g/mol. The summed E-state index contributed by atoms with van der Waals surface area (Å²) in [4.78, 5) is 21.9. The van der Waals surface area contributed by atoms with Gasteiger partial charge in [-0.25, -0.2) is 4.79 Å². The number of ether oxygens (including phenoxy) is 2. The van der Waals surface area contributed by atoms with E-state index in [0.29, 0.717) is 12.5 Å². The molecule has 1 fully saturated rings. The Morgan fingerprint density at radius 1 is 1.00 bits per heavy atom. The van der Waals surface area contributed by atoms with Crippen molar-refractivity contribution in [3.8, 4) is 0 Å². The van der Waals surface area contributed by atoms with Crippen molar-refractivity contribution < 1.29 is 24.2 Å². The van der Waals surface area contributed by atoms with Crippen LogP contribution < -0.4 is 0 Å². The SMILES string of the molecule is O=C(CO)OCCC(=O)OCCC1CCCCC1. The number of aliphatic hydroxyl groups excluding tert-OH is 1. The van der Waals surface area contributed by atoms with E-state index in [1.54, 1.807) is 0 Å². The first kappa shape index (κ1) is 15.0. The summed E-state index contributed by atoms with van der Waals surface area (Å²) in [6.45, 7) is -0.226. The summed E-state index contributed by atoms with van der Waals surface area (Å²) in [5.74, 6) is -0.375. The molecule has 1 aliphatic carbocycles. The van der Waals surface area contributed by atoms with Crippen molar-refractivity contribution in [1.29, 1.82) is 0 Å². The van der Waals surface area contributed by atoms with Gasteiger partial charge in [0.2, 0.25) is 0 Å². The van der Waals surface area contributed by atoms with E-state index in [-0.39, 0.29) is 19.0 Å². The van der Waals surface area contributed by atoms with Gasteiger partial charge in [0.25, 0.3) is 0 Å². The molecule has 0 bridgehead atoms. The average molecular weight is 258 g/mol. The number of hydrogen-bond acceptors (Lipinski definition) is 5. The van der Waals surface area contributed by atoms with Crippen molar-refractivity contribution in [3.63, 3.8) is 0 Å². The van der Waals surface area contributed by atoms with Crippen molar-refractivity contribution in [2.45, 2.75) is 44.9 Å². The quantitative estimate of drug-likeness (QED) is 0.699. The zero-order chi connectivity index (χ0) is 13.2. The molecule has 0 aromatic carbocycles. The molecule has 0 unspecified atom stereocenters. The second-order valence-corrected chi connectivity index (χ2v) is 4.64. The van der Waals surface area contributed by atoms with Crippen LogP contribution in [0.5, 0.6) is 0 Å². The summed E-state index contributed by atoms with van der Waals surface area (Å²) < 4.78 is 9.64. The molecule has 0 spiro atoms. The maximum absolute atomic E-state index is 11.3. The molecule has 0 saturated heterocycles. The Bertz CT molecular complexity index is 258. The third-order valence-electron chi connectivity index (χ3n) is 3.21. The minimum atomic E-state index is -0.718. The van der Waals surface area contributed by atoms with E-state index in [2.05, 4.69) is 4.74 Å². The normalized spacial score (nSPS) is 16.3. The highest BCUT2D eigenvalue weighted by atomic mass is 16.6. The van der Waals surface area contributed by atoms with Crippen LogP contribution in [-0.4, -0.2) is 36.9 Å². The van der Waals surface area contributed by atoms with E-state index in [1.807, 2.05) is 0 Å². The van der Waals surface area contributed by atoms with Gasteiger partial charge in [0.05, 0.1) is 13.0 Å². The predicted octanol–water partition coefficient (Wildman–Crippen LogP) is 1.43. The van der Waals surface area contributed by atoms with Crippen molar-refractivity contribution in [2.24, 2.45) is 5.92 Å². The Morgan fingerprint density at radius 3 is 2.33 bits per heavy atom. The van der Waals surface area contributed by atoms with Gasteiger partial charge in [-0.05, 0) is 12.3 Å². The van der Waals surface area contributed by atoms with Crippen LogP contribution in [-0.2, 0) is 19.1 Å². The topological polar surface area (TPSA) is 72.8 Å². The van der Waals surface area contributed by atoms with E-state index in [4.69, 9.17) is 9.84 Å². The summed E-state index contributed by atoms with van der Waals surface area (Å²) in [6, 6.07) is 0. The van der Waals surface area contributed by atoms with Crippen molar-refractivity contribution in [3.05, 3.63) is 0 Å². The largest absolute Gasteiger partial charge is 0.466 e. The molecular weight excluding hydrogens is 236 g/mol. The first-order valence-electron chi connectivity index (χ1n) is 6.64. The van der Waals surface area contributed by atoms with Crippen LogP contribution in [0, 0.1) is 5.92 Å². The minimum absolute atomic E-state index is 0.0261. The molecular formula is C13H22O5. The Kier molecular flexibility index (Phi) is 7.41. The fourth-order valence-corrected chi connectivity index (χ4v) is 2.18. The lowest BCUT2D eigenvalue weighted by atomic mass is 9.87. The van der Waals surface area contributed by atoms with Gasteiger partial charge in [-0.15, -0.1) is 0 Å². The molecule has 1 saturated carbocycles. The number of carbonyl (C=O) groups is 2. The lowest BCUT2D eigenvalue weighted by molar-refractivity contribution is -0.151. The first-order valence-corrected chi connectivity index (χ1v) is 6.64. The van der Waals surface area contributed by atoms with Gasteiger partial charge < -0.3 is 14.6 Å². The van der Waals surface area contributed by atoms with Gasteiger partial charge in [0.15, 0.2) is 0 Å². The molecule has 1 rings (SSSR count). The smallest absolute Gasteiger partial charge is 0.331 e. The van der Waals surface area contributed by atoms with Crippen LogP contribution in [0.15, 0.2) is 0 Å². The van der Waals surface area contributed by atoms with Gasteiger partial charge in [0, 0.05) is 0 Å². The van der Waals surface area contributed by atoms with E-state index >= 15 is 0 Å². The zero-order valence-corrected chi connectivity index (χ0v) is 10.7. The van der Waals surface area contributed by atoms with Gasteiger partial charge >= 0.3 is 11.9 Å². The van der Waals surface area contributed by atoms with Crippen LogP contribution in [0.25, 0.3) is 0 Å². The number of rotatable bonds is 7. The lowest BCUT2D eigenvalue weighted by Crippen LogP contribution is -2.16. The molecule has 1 aliphatic rings. The zero-order valence-electron chi connectivity index (χ0n) is 10.7. The third kappa shape index (κ3) is 6.59. The van der Waals surface area contributed by atoms with Crippen LogP contribution in [0.3, 0.4) is 0 Å². The summed E-state index contributed by atoms with van der Waals surface area (Å²) >= 11 is 0. The Labute approximate surface area is 107 Å². The molecule has 18 heavy (non-hydrogen) atoms. The van der Waals surface area contributed by atoms with Gasteiger partial charge in [-0.1, -0.05) is 32.1 Å². The molecule has 0 aromatic rings. The fraction of sp³-hybridized carbons (Fsp3) is 0.846. The van der Waals surface area contributed by atoms with Crippen molar-refractivity contribution in [1.82, 2.24) is 0 Å². The summed E-state index contributed by atoms with van der Waals surface area (Å²) in [5, 5.41) is 8.39. The van der Waals surface area contributed by atoms with E-state index < -0.39 is 12.6 Å². The van der Waals surface area contributed by atoms with Gasteiger partial charge in [0.1, 0.15) is 13.2 Å². The molecule has 0 aromatic heterocycles. The number of aliphatic hydroxyl groups is 1. The Balaban J connectivity index is 1.97. The predicted molar refractivity (Wildman–Crippen MR) is 64.8 cm³/mol. The molecule has 0 heterocycles. The van der Waals surface area contributed by atoms with Gasteiger partial charge in [-0.3, -0.25) is 4.79 Å². The second-order valence-electron chi connectivity index (χ2n) is 4.64. The maximum Gasteiger partial charge on any atom is 0.331 e. The van der Waals surface area contributed by atoms with Crippen LogP contribution in [0.4, 0.5) is 0 Å². The number of esters is 2. The number of hydrogen-bond donors (Lipinski definition) is 1. The van der Waals surface area contributed by atoms with E-state index in [1.165, 1.54) is 32.1 Å². The molecule has 5 nitrogen and oxygen atoms in total. The van der Waals surface area contributed by atoms with Crippen LogP contribution in [0.2, 0.25) is 0 Å². The molecule has 104 valence electrons. The summed E-state index contributed by atoms with van der Waals surface area (Å²) in [5.41, 5.74) is 0. The highest BCUT2D eigenvalue weighted by Crippen LogP contribution is 2.26. The molecule has 0 amide bonds. The molecule has 0 aliphatic heterocycles. The highest BCUT2D eigenvalue weighted by molar-refractivity contribution is 5.72.